The molecule has 0 bridgehead atoms. The number of esters is 1. The van der Waals surface area contributed by atoms with Crippen LogP contribution in [0.2, 0.25) is 0 Å². The Bertz CT molecular complexity index is 432. The van der Waals surface area contributed by atoms with Crippen LogP contribution in [0.5, 0.6) is 0 Å². The van der Waals surface area contributed by atoms with Gasteiger partial charge >= 0.3 is 5.97 Å². The third kappa shape index (κ3) is 6.02. The van der Waals surface area contributed by atoms with Gasteiger partial charge in [0.05, 0.1) is 12.7 Å². The Balaban J connectivity index is 2.33. The number of methoxy groups -OCH3 is 1. The SMILES string of the molecule is CCCCCCNC(=S)Nc1ccc(C(=O)OC)cc1. The third-order valence-electron chi connectivity index (χ3n) is 2.88. The van der Waals surface area contributed by atoms with E-state index in [0.29, 0.717) is 10.7 Å². The van der Waals surface area contributed by atoms with Crippen LogP contribution in [0, 0.1) is 0 Å². The molecule has 4 nitrogen and oxygen atoms in total. The Morgan fingerprint density at radius 1 is 1.20 bits per heavy atom. The van der Waals surface area contributed by atoms with Crippen molar-refractivity contribution in [2.24, 2.45) is 0 Å². The van der Waals surface area contributed by atoms with Gasteiger partial charge in [-0.05, 0) is 42.9 Å². The molecule has 0 atom stereocenters. The minimum Gasteiger partial charge on any atom is -0.465 e. The molecule has 110 valence electrons. The van der Waals surface area contributed by atoms with Gasteiger partial charge in [-0.15, -0.1) is 0 Å². The summed E-state index contributed by atoms with van der Waals surface area (Å²) in [7, 11) is 1.37. The molecule has 0 spiro atoms. The number of unbranched alkanes of at least 4 members (excludes halogenated alkanes) is 3. The summed E-state index contributed by atoms with van der Waals surface area (Å²) >= 11 is 5.21. The van der Waals surface area contributed by atoms with E-state index in [1.54, 1.807) is 24.3 Å². The molecule has 0 saturated carbocycles. The first-order valence-electron chi connectivity index (χ1n) is 6.90. The molecular formula is C15H22N2O2S. The van der Waals surface area contributed by atoms with Crippen LogP contribution >= 0.6 is 12.2 Å². The minimum atomic E-state index is -0.340. The molecule has 0 radical (unpaired) electrons. The second kappa shape index (κ2) is 9.31. The number of nitrogens with one attached hydrogen (secondary N) is 2. The number of hydrogen-bond donors (Lipinski definition) is 2. The van der Waals surface area contributed by atoms with Crippen LogP contribution in [-0.2, 0) is 4.74 Å². The fourth-order valence-corrected chi connectivity index (χ4v) is 1.96. The summed E-state index contributed by atoms with van der Waals surface area (Å²) in [6.07, 6.45) is 4.84. The highest BCUT2D eigenvalue weighted by molar-refractivity contribution is 7.80. The summed E-state index contributed by atoms with van der Waals surface area (Å²) in [6, 6.07) is 7.02. The van der Waals surface area contributed by atoms with Gasteiger partial charge in [-0.1, -0.05) is 26.2 Å². The monoisotopic (exact) mass is 294 g/mol. The lowest BCUT2D eigenvalue weighted by molar-refractivity contribution is 0.0601. The van der Waals surface area contributed by atoms with E-state index in [9.17, 15) is 4.79 Å². The van der Waals surface area contributed by atoms with Gasteiger partial charge in [0.25, 0.3) is 0 Å². The van der Waals surface area contributed by atoms with Crippen LogP contribution < -0.4 is 10.6 Å². The van der Waals surface area contributed by atoms with Crippen molar-refractivity contribution in [3.05, 3.63) is 29.8 Å². The van der Waals surface area contributed by atoms with Crippen LogP contribution in [0.1, 0.15) is 43.0 Å². The average Bonchev–Trinajstić information content (AvgIpc) is 2.47. The summed E-state index contributed by atoms with van der Waals surface area (Å²) in [4.78, 5) is 11.3. The number of carbonyl (C=O) groups is 1. The van der Waals surface area contributed by atoms with E-state index in [1.165, 1.54) is 26.4 Å². The molecule has 0 amide bonds. The smallest absolute Gasteiger partial charge is 0.337 e. The molecule has 0 saturated heterocycles. The van der Waals surface area contributed by atoms with Gasteiger partial charge in [-0.3, -0.25) is 0 Å². The molecule has 1 aromatic carbocycles. The lowest BCUT2D eigenvalue weighted by Crippen LogP contribution is -2.29. The Labute approximate surface area is 125 Å². The highest BCUT2D eigenvalue weighted by Gasteiger charge is 2.04. The predicted octanol–water partition coefficient (Wildman–Crippen LogP) is 3.34. The normalized spacial score (nSPS) is 9.90. The highest BCUT2D eigenvalue weighted by atomic mass is 32.1. The van der Waals surface area contributed by atoms with Crippen LogP contribution in [0.25, 0.3) is 0 Å². The Hall–Kier alpha value is -1.62. The second-order valence-corrected chi connectivity index (χ2v) is 4.92. The van der Waals surface area contributed by atoms with E-state index < -0.39 is 0 Å². The van der Waals surface area contributed by atoms with Crippen LogP contribution in [0.3, 0.4) is 0 Å². The highest BCUT2D eigenvalue weighted by Crippen LogP contribution is 2.10. The van der Waals surface area contributed by atoms with Crippen molar-refractivity contribution in [1.29, 1.82) is 0 Å². The van der Waals surface area contributed by atoms with Crippen molar-refractivity contribution < 1.29 is 9.53 Å². The first-order valence-corrected chi connectivity index (χ1v) is 7.31. The zero-order valence-electron chi connectivity index (χ0n) is 12.1. The van der Waals surface area contributed by atoms with Gasteiger partial charge in [-0.2, -0.15) is 0 Å². The molecular weight excluding hydrogens is 272 g/mol. The van der Waals surface area contributed by atoms with Crippen molar-refractivity contribution in [3.63, 3.8) is 0 Å². The fraction of sp³-hybridized carbons (Fsp3) is 0.467. The van der Waals surface area contributed by atoms with Crippen LogP contribution in [0.15, 0.2) is 24.3 Å². The number of benzene rings is 1. The zero-order valence-corrected chi connectivity index (χ0v) is 12.9. The second-order valence-electron chi connectivity index (χ2n) is 4.51. The maximum absolute atomic E-state index is 11.3. The van der Waals surface area contributed by atoms with E-state index >= 15 is 0 Å². The average molecular weight is 294 g/mol. The van der Waals surface area contributed by atoms with Crippen molar-refractivity contribution >= 4 is 29.0 Å². The van der Waals surface area contributed by atoms with Gasteiger partial charge in [0.15, 0.2) is 5.11 Å². The first-order chi connectivity index (χ1) is 9.67. The van der Waals surface area contributed by atoms with Crippen LogP contribution in [-0.4, -0.2) is 24.7 Å². The summed E-state index contributed by atoms with van der Waals surface area (Å²) in [6.45, 7) is 3.07. The van der Waals surface area contributed by atoms with E-state index in [0.717, 1.165) is 18.7 Å². The molecule has 0 heterocycles. The molecule has 1 rings (SSSR count). The number of thiocarbonyl (C=S) groups is 1. The molecule has 0 unspecified atom stereocenters. The summed E-state index contributed by atoms with van der Waals surface area (Å²) in [5.74, 6) is -0.340. The van der Waals surface area contributed by atoms with E-state index in [4.69, 9.17) is 12.2 Å². The number of ether oxygens (including phenoxy) is 1. The lowest BCUT2D eigenvalue weighted by atomic mass is 10.2. The molecule has 1 aromatic rings. The van der Waals surface area contributed by atoms with Crippen molar-refractivity contribution in [2.75, 3.05) is 19.0 Å². The zero-order chi connectivity index (χ0) is 14.8. The quantitative estimate of drug-likeness (QED) is 0.459. The standard InChI is InChI=1S/C15H22N2O2S/c1-3-4-5-6-11-16-15(20)17-13-9-7-12(8-10-13)14(18)19-2/h7-10H,3-6,11H2,1-2H3,(H2,16,17,20). The molecule has 20 heavy (non-hydrogen) atoms. The van der Waals surface area contributed by atoms with Gasteiger partial charge in [0, 0.05) is 12.2 Å². The van der Waals surface area contributed by atoms with Crippen molar-refractivity contribution in [1.82, 2.24) is 5.32 Å². The van der Waals surface area contributed by atoms with Gasteiger partial charge in [0.1, 0.15) is 0 Å². The molecule has 0 aliphatic rings. The van der Waals surface area contributed by atoms with E-state index in [1.807, 2.05) is 0 Å². The van der Waals surface area contributed by atoms with Gasteiger partial charge in [-0.25, -0.2) is 4.79 Å². The first kappa shape index (κ1) is 16.4. The lowest BCUT2D eigenvalue weighted by Gasteiger charge is -2.10. The Kier molecular flexibility index (Phi) is 7.65. The maximum atomic E-state index is 11.3. The Morgan fingerprint density at radius 2 is 1.90 bits per heavy atom. The van der Waals surface area contributed by atoms with Gasteiger partial charge < -0.3 is 15.4 Å². The number of hydrogen-bond acceptors (Lipinski definition) is 3. The van der Waals surface area contributed by atoms with Crippen molar-refractivity contribution in [3.8, 4) is 0 Å². The van der Waals surface area contributed by atoms with Gasteiger partial charge in [0.2, 0.25) is 0 Å². The molecule has 2 N–H and O–H groups in total. The largest absolute Gasteiger partial charge is 0.465 e. The molecule has 0 aliphatic carbocycles. The number of carbonyl (C=O) groups excluding carboxylic acids is 1. The number of anilines is 1. The Morgan fingerprint density at radius 3 is 2.50 bits per heavy atom. The summed E-state index contributed by atoms with van der Waals surface area (Å²) < 4.78 is 4.65. The predicted molar refractivity (Wildman–Crippen MR) is 86.1 cm³/mol. The minimum absolute atomic E-state index is 0.340. The molecule has 0 fully saturated rings. The summed E-state index contributed by atoms with van der Waals surface area (Å²) in [5, 5.41) is 6.86. The third-order valence-corrected chi connectivity index (χ3v) is 3.13. The van der Waals surface area contributed by atoms with Crippen molar-refractivity contribution in [2.45, 2.75) is 32.6 Å². The van der Waals surface area contributed by atoms with E-state index in [-0.39, 0.29) is 5.97 Å². The van der Waals surface area contributed by atoms with Crippen LogP contribution in [0.4, 0.5) is 5.69 Å². The molecule has 0 aliphatic heterocycles. The molecule has 5 heteroatoms. The maximum Gasteiger partial charge on any atom is 0.337 e. The number of rotatable bonds is 7. The topological polar surface area (TPSA) is 50.4 Å². The molecule has 0 aromatic heterocycles. The fourth-order valence-electron chi connectivity index (χ4n) is 1.74. The van der Waals surface area contributed by atoms with E-state index in [2.05, 4.69) is 22.3 Å². The summed E-state index contributed by atoms with van der Waals surface area (Å²) in [5.41, 5.74) is 1.38.